The third kappa shape index (κ3) is 7.80. The topological polar surface area (TPSA) is 126 Å². The van der Waals surface area contributed by atoms with E-state index in [0.29, 0.717) is 31.7 Å². The van der Waals surface area contributed by atoms with Gasteiger partial charge in [-0.3, -0.25) is 24.2 Å². The monoisotopic (exact) mass is 452 g/mol. The molecule has 0 spiro atoms. The highest BCUT2D eigenvalue weighted by molar-refractivity contribution is 6.38. The smallest absolute Gasteiger partial charge is 0.289 e. The van der Waals surface area contributed by atoms with Gasteiger partial charge in [0.2, 0.25) is 17.6 Å². The van der Waals surface area contributed by atoms with Gasteiger partial charge in [-0.1, -0.05) is 36.4 Å². The maximum atomic E-state index is 12.8. The number of nitrogens with zero attached hydrogens (tertiary/aromatic N) is 1. The second kappa shape index (κ2) is 12.4. The van der Waals surface area contributed by atoms with Gasteiger partial charge in [0.05, 0.1) is 18.8 Å². The fraction of sp³-hybridized carbons (Fsp3) is 0.375. The predicted molar refractivity (Wildman–Crippen MR) is 120 cm³/mol. The van der Waals surface area contributed by atoms with E-state index in [9.17, 15) is 19.2 Å². The van der Waals surface area contributed by atoms with Crippen molar-refractivity contribution in [2.45, 2.75) is 31.8 Å². The summed E-state index contributed by atoms with van der Waals surface area (Å²) in [5, 5.41) is 7.76. The van der Waals surface area contributed by atoms with Gasteiger partial charge in [0, 0.05) is 31.7 Å². The first-order valence-electron chi connectivity index (χ1n) is 10.9. The molecule has 9 nitrogen and oxygen atoms in total. The van der Waals surface area contributed by atoms with Crippen molar-refractivity contribution >= 4 is 23.5 Å². The zero-order valence-electron chi connectivity index (χ0n) is 18.3. The Labute approximate surface area is 192 Å². The van der Waals surface area contributed by atoms with Gasteiger partial charge in [-0.25, -0.2) is 0 Å². The summed E-state index contributed by atoms with van der Waals surface area (Å²) in [4.78, 5) is 54.2. The van der Waals surface area contributed by atoms with Gasteiger partial charge in [-0.05, 0) is 30.5 Å². The molecule has 1 aromatic carbocycles. The minimum Gasteiger partial charge on any atom is -0.381 e. The zero-order valence-corrected chi connectivity index (χ0v) is 18.3. The van der Waals surface area contributed by atoms with E-state index >= 15 is 0 Å². The molecule has 33 heavy (non-hydrogen) atoms. The second-order valence-corrected chi connectivity index (χ2v) is 7.78. The van der Waals surface area contributed by atoms with E-state index in [4.69, 9.17) is 4.74 Å². The van der Waals surface area contributed by atoms with Crippen molar-refractivity contribution in [2.24, 2.45) is 5.92 Å². The first kappa shape index (κ1) is 24.1. The molecule has 1 aliphatic rings. The van der Waals surface area contributed by atoms with Crippen LogP contribution < -0.4 is 16.0 Å². The molecule has 3 N–H and O–H groups in total. The van der Waals surface area contributed by atoms with Crippen LogP contribution in [-0.2, 0) is 36.9 Å². The van der Waals surface area contributed by atoms with Crippen LogP contribution in [-0.4, -0.2) is 54.3 Å². The normalized spacial score (nSPS) is 14.7. The van der Waals surface area contributed by atoms with Crippen molar-refractivity contribution in [1.82, 2.24) is 20.9 Å². The fourth-order valence-electron chi connectivity index (χ4n) is 3.49. The molecule has 2 aromatic rings. The molecule has 2 heterocycles. The molecule has 0 bridgehead atoms. The molecular weight excluding hydrogens is 424 g/mol. The molecule has 1 aromatic heterocycles. The van der Waals surface area contributed by atoms with E-state index in [1.165, 1.54) is 0 Å². The first-order chi connectivity index (χ1) is 16.0. The molecule has 3 amide bonds. The summed E-state index contributed by atoms with van der Waals surface area (Å²) in [5.74, 6) is -2.52. The maximum Gasteiger partial charge on any atom is 0.289 e. The number of ketones is 1. The molecule has 0 radical (unpaired) electrons. The van der Waals surface area contributed by atoms with Gasteiger partial charge in [-0.15, -0.1) is 0 Å². The highest BCUT2D eigenvalue weighted by Gasteiger charge is 2.28. The van der Waals surface area contributed by atoms with Crippen LogP contribution in [0.15, 0.2) is 54.7 Å². The van der Waals surface area contributed by atoms with Gasteiger partial charge in [0.25, 0.3) is 5.91 Å². The lowest BCUT2D eigenvalue weighted by atomic mass is 9.99. The van der Waals surface area contributed by atoms with Crippen molar-refractivity contribution in [3.05, 3.63) is 66.0 Å². The SMILES string of the molecule is O=C(CNC(=O)C1CCOCC1)N[C@H](Cc1ccccc1)C(=O)C(=O)NCc1ccccn1. The Morgan fingerprint density at radius 1 is 0.970 bits per heavy atom. The Balaban J connectivity index is 1.58. The number of ether oxygens (including phenoxy) is 1. The Kier molecular flexibility index (Phi) is 9.08. The first-order valence-corrected chi connectivity index (χ1v) is 10.9. The van der Waals surface area contributed by atoms with Gasteiger partial charge in [0.15, 0.2) is 0 Å². The molecule has 0 saturated carbocycles. The summed E-state index contributed by atoms with van der Waals surface area (Å²) < 4.78 is 5.24. The summed E-state index contributed by atoms with van der Waals surface area (Å²) >= 11 is 0. The fourth-order valence-corrected chi connectivity index (χ4v) is 3.49. The van der Waals surface area contributed by atoms with Crippen molar-refractivity contribution in [3.63, 3.8) is 0 Å². The minimum atomic E-state index is -1.07. The zero-order chi connectivity index (χ0) is 23.5. The highest BCUT2D eigenvalue weighted by Crippen LogP contribution is 2.14. The van der Waals surface area contributed by atoms with Gasteiger partial charge >= 0.3 is 0 Å². The number of Topliss-reactive ketones (excluding diaryl/α,β-unsaturated/α-hetero) is 1. The van der Waals surface area contributed by atoms with Crippen LogP contribution in [0.5, 0.6) is 0 Å². The van der Waals surface area contributed by atoms with E-state index in [1.807, 2.05) is 30.3 Å². The molecule has 1 fully saturated rings. The molecule has 1 atom stereocenters. The number of nitrogens with one attached hydrogen (secondary N) is 3. The number of aromatic nitrogens is 1. The van der Waals surface area contributed by atoms with Crippen LogP contribution in [0.1, 0.15) is 24.1 Å². The van der Waals surface area contributed by atoms with Crippen molar-refractivity contribution < 1.29 is 23.9 Å². The lowest BCUT2D eigenvalue weighted by Gasteiger charge is -2.21. The number of pyridine rings is 1. The molecule has 3 rings (SSSR count). The summed E-state index contributed by atoms with van der Waals surface area (Å²) in [5.41, 5.74) is 1.40. The number of benzene rings is 1. The van der Waals surface area contributed by atoms with E-state index in [0.717, 1.165) is 5.56 Å². The highest BCUT2D eigenvalue weighted by atomic mass is 16.5. The average molecular weight is 453 g/mol. The molecule has 1 saturated heterocycles. The summed E-state index contributed by atoms with van der Waals surface area (Å²) in [6.45, 7) is 0.861. The van der Waals surface area contributed by atoms with Crippen molar-refractivity contribution in [3.8, 4) is 0 Å². The van der Waals surface area contributed by atoms with Crippen LogP contribution >= 0.6 is 0 Å². The molecule has 1 aliphatic heterocycles. The van der Waals surface area contributed by atoms with Gasteiger partial charge in [0.1, 0.15) is 6.04 Å². The Morgan fingerprint density at radius 2 is 1.70 bits per heavy atom. The van der Waals surface area contributed by atoms with Crippen LogP contribution in [0.3, 0.4) is 0 Å². The Hall–Kier alpha value is -3.59. The Morgan fingerprint density at radius 3 is 2.39 bits per heavy atom. The van der Waals surface area contributed by atoms with Crippen molar-refractivity contribution in [2.75, 3.05) is 19.8 Å². The predicted octanol–water partition coefficient (Wildman–Crippen LogP) is 0.537. The molecular formula is C24H28N4O5. The van der Waals surface area contributed by atoms with E-state index < -0.39 is 23.6 Å². The Bertz CT molecular complexity index is 946. The van der Waals surface area contributed by atoms with Crippen LogP contribution in [0.2, 0.25) is 0 Å². The summed E-state index contributed by atoms with van der Waals surface area (Å²) in [6, 6.07) is 13.3. The molecule has 0 unspecified atom stereocenters. The van der Waals surface area contributed by atoms with Crippen LogP contribution in [0.4, 0.5) is 0 Å². The largest absolute Gasteiger partial charge is 0.381 e. The van der Waals surface area contributed by atoms with Crippen LogP contribution in [0, 0.1) is 5.92 Å². The van der Waals surface area contributed by atoms with Crippen molar-refractivity contribution in [1.29, 1.82) is 0 Å². The third-order valence-corrected chi connectivity index (χ3v) is 5.33. The molecule has 0 aliphatic carbocycles. The number of carbonyl (C=O) groups excluding carboxylic acids is 4. The molecule has 174 valence electrons. The maximum absolute atomic E-state index is 12.8. The van der Waals surface area contributed by atoms with Gasteiger partial charge in [-0.2, -0.15) is 0 Å². The van der Waals surface area contributed by atoms with E-state index in [2.05, 4.69) is 20.9 Å². The number of carbonyl (C=O) groups is 4. The van der Waals surface area contributed by atoms with E-state index in [-0.39, 0.29) is 31.3 Å². The molecule has 9 heteroatoms. The van der Waals surface area contributed by atoms with Crippen LogP contribution in [0.25, 0.3) is 0 Å². The van der Waals surface area contributed by atoms with Gasteiger partial charge < -0.3 is 20.7 Å². The number of rotatable bonds is 10. The second-order valence-electron chi connectivity index (χ2n) is 7.78. The summed E-state index contributed by atoms with van der Waals surface area (Å²) in [6.07, 6.45) is 2.96. The third-order valence-electron chi connectivity index (χ3n) is 5.33. The number of hydrogen-bond donors (Lipinski definition) is 3. The quantitative estimate of drug-likeness (QED) is 0.452. The average Bonchev–Trinajstić information content (AvgIpc) is 2.86. The number of hydrogen-bond acceptors (Lipinski definition) is 6. The number of amides is 3. The summed E-state index contributed by atoms with van der Waals surface area (Å²) in [7, 11) is 0. The van der Waals surface area contributed by atoms with E-state index in [1.54, 1.807) is 24.4 Å². The minimum absolute atomic E-state index is 0.0958. The lowest BCUT2D eigenvalue weighted by molar-refractivity contribution is -0.140. The standard InChI is InChI=1S/C24H28N4O5/c29-21(16-27-23(31)18-9-12-33-13-10-18)28-20(14-17-6-2-1-3-7-17)22(30)24(32)26-15-19-8-4-5-11-25-19/h1-8,11,18,20H,9-10,12-16H2,(H,26,32)(H,27,31)(H,28,29)/t20-/m1/s1. The lowest BCUT2D eigenvalue weighted by Crippen LogP contribution is -2.51.